The minimum Gasteiger partial charge on any atom is -0.312 e. The summed E-state index contributed by atoms with van der Waals surface area (Å²) in [4.78, 5) is 0. The van der Waals surface area contributed by atoms with Crippen LogP contribution in [0.1, 0.15) is 34.1 Å². The van der Waals surface area contributed by atoms with E-state index in [1.807, 2.05) is 6.92 Å². The van der Waals surface area contributed by atoms with Crippen LogP contribution in [0.5, 0.6) is 0 Å². The van der Waals surface area contributed by atoms with Gasteiger partial charge in [-0.05, 0) is 24.3 Å². The molecule has 0 saturated heterocycles. The van der Waals surface area contributed by atoms with Gasteiger partial charge in [-0.1, -0.05) is 32.4 Å². The van der Waals surface area contributed by atoms with Crippen molar-refractivity contribution in [3.05, 3.63) is 11.1 Å². The SMILES string of the molecule is CCC(C)(C)CNCC(C)=CCl. The van der Waals surface area contributed by atoms with Crippen LogP contribution in [0.3, 0.4) is 0 Å². The van der Waals surface area contributed by atoms with Crippen LogP contribution in [0.15, 0.2) is 11.1 Å². The lowest BCUT2D eigenvalue weighted by Crippen LogP contribution is -2.29. The fraction of sp³-hybridized carbons (Fsp3) is 0.800. The predicted molar refractivity (Wildman–Crippen MR) is 56.6 cm³/mol. The number of hydrogen-bond acceptors (Lipinski definition) is 1. The largest absolute Gasteiger partial charge is 0.312 e. The van der Waals surface area contributed by atoms with Crippen LogP contribution in [0, 0.1) is 5.41 Å². The van der Waals surface area contributed by atoms with Gasteiger partial charge in [-0.3, -0.25) is 0 Å². The van der Waals surface area contributed by atoms with Crippen LogP contribution >= 0.6 is 11.6 Å². The summed E-state index contributed by atoms with van der Waals surface area (Å²) in [6, 6.07) is 0. The van der Waals surface area contributed by atoms with Gasteiger partial charge in [0, 0.05) is 18.6 Å². The topological polar surface area (TPSA) is 12.0 Å². The molecule has 0 radical (unpaired) electrons. The van der Waals surface area contributed by atoms with Crippen molar-refractivity contribution >= 4 is 11.6 Å². The summed E-state index contributed by atoms with van der Waals surface area (Å²) in [5, 5.41) is 3.37. The molecule has 12 heavy (non-hydrogen) atoms. The highest BCUT2D eigenvalue weighted by Gasteiger charge is 2.13. The summed E-state index contributed by atoms with van der Waals surface area (Å²) in [5.74, 6) is 0. The van der Waals surface area contributed by atoms with E-state index < -0.39 is 0 Å². The van der Waals surface area contributed by atoms with Gasteiger partial charge in [0.15, 0.2) is 0 Å². The molecule has 0 spiro atoms. The van der Waals surface area contributed by atoms with Crippen molar-refractivity contribution in [1.29, 1.82) is 0 Å². The molecule has 0 aliphatic heterocycles. The van der Waals surface area contributed by atoms with Crippen molar-refractivity contribution in [2.24, 2.45) is 5.41 Å². The van der Waals surface area contributed by atoms with Crippen LogP contribution in [0.4, 0.5) is 0 Å². The first-order chi connectivity index (χ1) is 5.52. The van der Waals surface area contributed by atoms with Gasteiger partial charge in [0.2, 0.25) is 0 Å². The Bertz CT molecular complexity index is 150. The first-order valence-corrected chi connectivity index (χ1v) is 4.92. The van der Waals surface area contributed by atoms with Crippen molar-refractivity contribution < 1.29 is 0 Å². The van der Waals surface area contributed by atoms with E-state index >= 15 is 0 Å². The minimum atomic E-state index is 0.395. The van der Waals surface area contributed by atoms with E-state index in [1.165, 1.54) is 12.0 Å². The average Bonchev–Trinajstić information content (AvgIpc) is 2.04. The van der Waals surface area contributed by atoms with Crippen molar-refractivity contribution in [2.45, 2.75) is 34.1 Å². The normalized spacial score (nSPS) is 13.6. The third-order valence-corrected chi connectivity index (χ3v) is 2.52. The fourth-order valence-corrected chi connectivity index (χ4v) is 0.839. The van der Waals surface area contributed by atoms with Gasteiger partial charge in [-0.2, -0.15) is 0 Å². The molecule has 0 aliphatic carbocycles. The van der Waals surface area contributed by atoms with Gasteiger partial charge in [0.05, 0.1) is 0 Å². The van der Waals surface area contributed by atoms with Gasteiger partial charge in [0.1, 0.15) is 0 Å². The highest BCUT2D eigenvalue weighted by atomic mass is 35.5. The number of nitrogens with one attached hydrogen (secondary N) is 1. The van der Waals surface area contributed by atoms with Gasteiger partial charge in [-0.25, -0.2) is 0 Å². The molecular formula is C10H20ClN. The van der Waals surface area contributed by atoms with Gasteiger partial charge >= 0.3 is 0 Å². The number of rotatable bonds is 5. The number of halogens is 1. The maximum atomic E-state index is 5.53. The highest BCUT2D eigenvalue weighted by molar-refractivity contribution is 6.25. The average molecular weight is 190 g/mol. The molecule has 0 amide bonds. The van der Waals surface area contributed by atoms with E-state index in [9.17, 15) is 0 Å². The summed E-state index contributed by atoms with van der Waals surface area (Å²) >= 11 is 5.53. The molecule has 0 unspecified atom stereocenters. The molecule has 0 aliphatic rings. The quantitative estimate of drug-likeness (QED) is 0.701. The van der Waals surface area contributed by atoms with E-state index in [0.29, 0.717) is 5.41 Å². The molecule has 0 fully saturated rings. The molecule has 0 heterocycles. The predicted octanol–water partition coefficient (Wildman–Crippen LogP) is 3.15. The van der Waals surface area contributed by atoms with Gasteiger partial charge < -0.3 is 5.32 Å². The Morgan fingerprint density at radius 2 is 2.08 bits per heavy atom. The molecule has 2 heteroatoms. The second-order valence-corrected chi connectivity index (χ2v) is 4.29. The molecule has 72 valence electrons. The lowest BCUT2D eigenvalue weighted by molar-refractivity contribution is 0.333. The van der Waals surface area contributed by atoms with Crippen molar-refractivity contribution in [2.75, 3.05) is 13.1 Å². The second-order valence-electron chi connectivity index (χ2n) is 4.08. The molecule has 1 N–H and O–H groups in total. The molecule has 0 rings (SSSR count). The van der Waals surface area contributed by atoms with Crippen molar-refractivity contribution in [3.63, 3.8) is 0 Å². The Balaban J connectivity index is 3.56. The van der Waals surface area contributed by atoms with Crippen LogP contribution in [0.2, 0.25) is 0 Å². The monoisotopic (exact) mass is 189 g/mol. The Morgan fingerprint density at radius 3 is 2.50 bits per heavy atom. The zero-order chi connectivity index (χ0) is 9.61. The van der Waals surface area contributed by atoms with E-state index in [4.69, 9.17) is 11.6 Å². The molecule has 1 nitrogen and oxygen atoms in total. The molecule has 0 aromatic heterocycles. The first kappa shape index (κ1) is 12.0. The summed E-state index contributed by atoms with van der Waals surface area (Å²) < 4.78 is 0. The van der Waals surface area contributed by atoms with Crippen LogP contribution in [-0.4, -0.2) is 13.1 Å². The molecule has 0 aromatic carbocycles. The zero-order valence-electron chi connectivity index (χ0n) is 8.58. The Labute approximate surface area is 81.2 Å². The first-order valence-electron chi connectivity index (χ1n) is 4.48. The second kappa shape index (κ2) is 5.60. The third kappa shape index (κ3) is 5.62. The van der Waals surface area contributed by atoms with E-state index in [0.717, 1.165) is 13.1 Å². The standard InChI is InChI=1S/C10H20ClN/c1-5-10(3,4)8-12-7-9(2)6-11/h6,12H,5,7-8H2,1-4H3. The van der Waals surface area contributed by atoms with Crippen LogP contribution in [0.25, 0.3) is 0 Å². The summed E-state index contributed by atoms with van der Waals surface area (Å²) in [6.45, 7) is 10.7. The van der Waals surface area contributed by atoms with Crippen molar-refractivity contribution in [3.8, 4) is 0 Å². The zero-order valence-corrected chi connectivity index (χ0v) is 9.33. The summed E-state index contributed by atoms with van der Waals surface area (Å²) in [7, 11) is 0. The van der Waals surface area contributed by atoms with E-state index in [2.05, 4.69) is 26.1 Å². The smallest absolute Gasteiger partial charge is 0.0173 e. The summed E-state index contributed by atoms with van der Waals surface area (Å²) in [6.07, 6.45) is 1.20. The fourth-order valence-electron chi connectivity index (χ4n) is 0.762. The Hall–Kier alpha value is -0.0100. The highest BCUT2D eigenvalue weighted by Crippen LogP contribution is 2.17. The summed E-state index contributed by atoms with van der Waals surface area (Å²) in [5.41, 5.74) is 3.21. The van der Waals surface area contributed by atoms with E-state index in [-0.39, 0.29) is 0 Å². The lowest BCUT2D eigenvalue weighted by Gasteiger charge is -2.22. The van der Waals surface area contributed by atoms with Crippen molar-refractivity contribution in [1.82, 2.24) is 5.32 Å². The molecule has 0 aromatic rings. The maximum absolute atomic E-state index is 5.53. The Kier molecular flexibility index (Phi) is 5.60. The number of hydrogen-bond donors (Lipinski definition) is 1. The molecule has 0 atom stereocenters. The minimum absolute atomic E-state index is 0.395. The maximum Gasteiger partial charge on any atom is 0.0173 e. The van der Waals surface area contributed by atoms with Crippen LogP contribution in [-0.2, 0) is 0 Å². The molecule has 0 bridgehead atoms. The molecular weight excluding hydrogens is 170 g/mol. The Morgan fingerprint density at radius 1 is 1.50 bits per heavy atom. The molecule has 0 saturated carbocycles. The third-order valence-electron chi connectivity index (χ3n) is 2.15. The van der Waals surface area contributed by atoms with Gasteiger partial charge in [-0.15, -0.1) is 0 Å². The van der Waals surface area contributed by atoms with Gasteiger partial charge in [0.25, 0.3) is 0 Å². The van der Waals surface area contributed by atoms with E-state index in [1.54, 1.807) is 5.54 Å². The van der Waals surface area contributed by atoms with Crippen LogP contribution < -0.4 is 5.32 Å². The lowest BCUT2D eigenvalue weighted by atomic mass is 9.90.